The normalized spacial score (nSPS) is 11.4. The summed E-state index contributed by atoms with van der Waals surface area (Å²) in [6.45, 7) is 0.273. The molecule has 0 aliphatic heterocycles. The van der Waals surface area contributed by atoms with Crippen molar-refractivity contribution in [1.29, 1.82) is 0 Å². The number of para-hydroxylation sites is 1. The molecule has 2 aromatic rings. The zero-order valence-corrected chi connectivity index (χ0v) is 16.6. The molecule has 0 saturated carbocycles. The van der Waals surface area contributed by atoms with Gasteiger partial charge in [-0.25, -0.2) is 17.1 Å². The lowest BCUT2D eigenvalue weighted by Gasteiger charge is -2.12. The number of hydrogen-bond acceptors (Lipinski definition) is 5. The van der Waals surface area contributed by atoms with Gasteiger partial charge in [-0.05, 0) is 30.3 Å². The first-order valence-electron chi connectivity index (χ1n) is 8.08. The smallest absolute Gasteiger partial charge is 0.242 e. The summed E-state index contributed by atoms with van der Waals surface area (Å²) in [7, 11) is -0.670. The number of benzene rings is 2. The Kier molecular flexibility index (Phi) is 7.64. The number of nitrogens with one attached hydrogen (secondary N) is 1. The number of hydrogen-bond donors (Lipinski definition) is 1. The van der Waals surface area contributed by atoms with E-state index in [4.69, 9.17) is 4.74 Å². The fourth-order valence-corrected chi connectivity index (χ4v) is 3.63. The highest BCUT2D eigenvalue weighted by atomic mass is 32.2. The number of carbonyl (C=O) groups excluding carboxylic acids is 1. The van der Waals surface area contributed by atoms with Gasteiger partial charge in [0.15, 0.2) is 11.6 Å². The van der Waals surface area contributed by atoms with Crippen LogP contribution in [-0.2, 0) is 14.8 Å². The van der Waals surface area contributed by atoms with E-state index >= 15 is 0 Å². The fourth-order valence-electron chi connectivity index (χ4n) is 2.08. The van der Waals surface area contributed by atoms with Gasteiger partial charge in [-0.15, -0.1) is 11.8 Å². The number of thioether (sulfide) groups is 1. The Morgan fingerprint density at radius 3 is 2.63 bits per heavy atom. The number of anilines is 1. The van der Waals surface area contributed by atoms with Crippen LogP contribution in [0.2, 0.25) is 0 Å². The molecular weight excluding hydrogens is 391 g/mol. The van der Waals surface area contributed by atoms with Crippen LogP contribution < -0.4 is 10.1 Å². The number of nitrogens with zero attached hydrogens (tertiary/aromatic N) is 1. The molecule has 27 heavy (non-hydrogen) atoms. The van der Waals surface area contributed by atoms with Crippen molar-refractivity contribution < 1.29 is 22.3 Å². The zero-order chi connectivity index (χ0) is 19.9. The second-order valence-electron chi connectivity index (χ2n) is 5.69. The van der Waals surface area contributed by atoms with E-state index in [1.807, 2.05) is 0 Å². The molecule has 0 fully saturated rings. The standard InChI is InChI=1S/C18H21FN2O4S2/c1-21(2)27(23,24)15-7-5-6-14(12-15)20-18(22)13-26-11-10-25-17-9-4-3-8-16(17)19/h3-9,12H,10-11,13H2,1-2H3,(H,20,22). The van der Waals surface area contributed by atoms with Crippen molar-refractivity contribution in [1.82, 2.24) is 4.31 Å². The maximum absolute atomic E-state index is 13.4. The van der Waals surface area contributed by atoms with Crippen molar-refractivity contribution in [2.45, 2.75) is 4.90 Å². The van der Waals surface area contributed by atoms with Crippen LogP contribution in [0.25, 0.3) is 0 Å². The molecule has 0 bridgehead atoms. The molecule has 146 valence electrons. The summed E-state index contributed by atoms with van der Waals surface area (Å²) < 4.78 is 44.1. The van der Waals surface area contributed by atoms with E-state index in [0.29, 0.717) is 11.4 Å². The minimum Gasteiger partial charge on any atom is -0.490 e. The van der Waals surface area contributed by atoms with Gasteiger partial charge in [-0.3, -0.25) is 4.79 Å². The van der Waals surface area contributed by atoms with Crippen LogP contribution in [-0.4, -0.2) is 50.8 Å². The van der Waals surface area contributed by atoms with Gasteiger partial charge in [0.1, 0.15) is 0 Å². The van der Waals surface area contributed by atoms with Crippen LogP contribution in [0.3, 0.4) is 0 Å². The van der Waals surface area contributed by atoms with E-state index < -0.39 is 15.8 Å². The lowest BCUT2D eigenvalue weighted by molar-refractivity contribution is -0.113. The topological polar surface area (TPSA) is 75.7 Å². The molecule has 0 unspecified atom stereocenters. The van der Waals surface area contributed by atoms with Crippen LogP contribution in [0.5, 0.6) is 5.75 Å². The predicted octanol–water partition coefficient (Wildman–Crippen LogP) is 2.83. The minimum atomic E-state index is -3.56. The Hall–Kier alpha value is -2.10. The first-order valence-corrected chi connectivity index (χ1v) is 10.7. The van der Waals surface area contributed by atoms with E-state index in [1.165, 1.54) is 44.1 Å². The molecule has 1 N–H and O–H groups in total. The molecule has 9 heteroatoms. The van der Waals surface area contributed by atoms with Crippen LogP contribution >= 0.6 is 11.8 Å². The van der Waals surface area contributed by atoms with Crippen LogP contribution in [0.4, 0.5) is 10.1 Å². The van der Waals surface area contributed by atoms with Crippen LogP contribution in [0, 0.1) is 5.82 Å². The molecule has 0 saturated heterocycles. The van der Waals surface area contributed by atoms with Gasteiger partial charge in [-0.1, -0.05) is 18.2 Å². The van der Waals surface area contributed by atoms with E-state index in [-0.39, 0.29) is 28.9 Å². The molecular formula is C18H21FN2O4S2. The second kappa shape index (κ2) is 9.72. The highest BCUT2D eigenvalue weighted by molar-refractivity contribution is 7.99. The number of rotatable bonds is 9. The van der Waals surface area contributed by atoms with Crippen molar-refractivity contribution in [2.24, 2.45) is 0 Å². The SMILES string of the molecule is CN(C)S(=O)(=O)c1cccc(NC(=O)CSCCOc2ccccc2F)c1. The van der Waals surface area contributed by atoms with Gasteiger partial charge in [0.05, 0.1) is 17.3 Å². The van der Waals surface area contributed by atoms with E-state index in [0.717, 1.165) is 4.31 Å². The summed E-state index contributed by atoms with van der Waals surface area (Å²) in [4.78, 5) is 12.1. The molecule has 2 rings (SSSR count). The maximum atomic E-state index is 13.4. The molecule has 0 radical (unpaired) electrons. The average Bonchev–Trinajstić information content (AvgIpc) is 2.63. The summed E-state index contributed by atoms with van der Waals surface area (Å²) in [6.07, 6.45) is 0. The molecule has 1 amide bonds. The van der Waals surface area contributed by atoms with Crippen molar-refractivity contribution in [3.05, 3.63) is 54.3 Å². The Morgan fingerprint density at radius 2 is 1.93 bits per heavy atom. The van der Waals surface area contributed by atoms with E-state index in [9.17, 15) is 17.6 Å². The quantitative estimate of drug-likeness (QED) is 0.641. The summed E-state index contributed by atoms with van der Waals surface area (Å²) in [5.41, 5.74) is 0.408. The van der Waals surface area contributed by atoms with Crippen molar-refractivity contribution >= 4 is 33.4 Å². The number of carbonyl (C=O) groups is 1. The van der Waals surface area contributed by atoms with Gasteiger partial charge in [-0.2, -0.15) is 0 Å². The summed E-state index contributed by atoms with van der Waals surface area (Å²) in [6, 6.07) is 12.2. The number of sulfonamides is 1. The summed E-state index contributed by atoms with van der Waals surface area (Å²) >= 11 is 1.33. The lowest BCUT2D eigenvalue weighted by atomic mass is 10.3. The molecule has 0 spiro atoms. The third-order valence-electron chi connectivity index (χ3n) is 3.45. The Bertz CT molecular complexity index is 888. The number of amides is 1. The van der Waals surface area contributed by atoms with Crippen molar-refractivity contribution in [3.8, 4) is 5.75 Å². The average molecular weight is 413 g/mol. The van der Waals surface area contributed by atoms with Gasteiger partial charge in [0.25, 0.3) is 0 Å². The summed E-state index contributed by atoms with van der Waals surface area (Å²) in [5.74, 6) is 0.182. The van der Waals surface area contributed by atoms with Crippen molar-refractivity contribution in [3.63, 3.8) is 0 Å². The van der Waals surface area contributed by atoms with Gasteiger partial charge >= 0.3 is 0 Å². The molecule has 0 aromatic heterocycles. The van der Waals surface area contributed by atoms with Gasteiger partial charge in [0, 0.05) is 25.5 Å². The Morgan fingerprint density at radius 1 is 1.19 bits per heavy atom. The van der Waals surface area contributed by atoms with Crippen LogP contribution in [0.15, 0.2) is 53.4 Å². The molecule has 2 aromatic carbocycles. The molecule has 0 atom stereocenters. The van der Waals surface area contributed by atoms with Gasteiger partial charge < -0.3 is 10.1 Å². The van der Waals surface area contributed by atoms with Gasteiger partial charge in [0.2, 0.25) is 15.9 Å². The number of ether oxygens (including phenoxy) is 1. The molecule has 0 aliphatic carbocycles. The van der Waals surface area contributed by atoms with E-state index in [2.05, 4.69) is 5.32 Å². The molecule has 0 heterocycles. The highest BCUT2D eigenvalue weighted by Crippen LogP contribution is 2.18. The maximum Gasteiger partial charge on any atom is 0.242 e. The third kappa shape index (κ3) is 6.23. The Labute approximate surface area is 162 Å². The first kappa shape index (κ1) is 21.2. The number of halogens is 1. The minimum absolute atomic E-state index is 0.108. The zero-order valence-electron chi connectivity index (χ0n) is 15.0. The van der Waals surface area contributed by atoms with Crippen LogP contribution in [0.1, 0.15) is 0 Å². The molecule has 6 nitrogen and oxygen atoms in total. The fraction of sp³-hybridized carbons (Fsp3) is 0.278. The third-order valence-corrected chi connectivity index (χ3v) is 6.18. The summed E-state index contributed by atoms with van der Waals surface area (Å²) in [5, 5.41) is 2.67. The monoisotopic (exact) mass is 412 g/mol. The Balaban J connectivity index is 1.78. The largest absolute Gasteiger partial charge is 0.490 e. The second-order valence-corrected chi connectivity index (χ2v) is 8.95. The van der Waals surface area contributed by atoms with Crippen molar-refractivity contribution in [2.75, 3.05) is 37.5 Å². The first-order chi connectivity index (χ1) is 12.8. The highest BCUT2D eigenvalue weighted by Gasteiger charge is 2.17. The lowest BCUT2D eigenvalue weighted by Crippen LogP contribution is -2.22. The molecule has 0 aliphatic rings. The predicted molar refractivity (Wildman–Crippen MR) is 105 cm³/mol. The van der Waals surface area contributed by atoms with E-state index in [1.54, 1.807) is 30.3 Å².